The van der Waals surface area contributed by atoms with Crippen LogP contribution >= 0.6 is 12.2 Å². The fourth-order valence-electron chi connectivity index (χ4n) is 2.45. The molecule has 0 amide bonds. The fraction of sp³-hybridized carbons (Fsp3) is 0.0909. The van der Waals surface area contributed by atoms with Crippen LogP contribution in [-0.2, 0) is 6.61 Å². The molecule has 0 aromatic heterocycles. The number of benzene rings is 3. The van der Waals surface area contributed by atoms with Crippen molar-refractivity contribution in [2.24, 2.45) is 5.10 Å². The molecule has 142 valence electrons. The number of thiocarbonyl (C=S) groups is 1. The van der Waals surface area contributed by atoms with Gasteiger partial charge < -0.3 is 14.8 Å². The molecule has 0 heterocycles. The number of nitrogens with one attached hydrogen (secondary N) is 2. The number of hydrogen-bond donors (Lipinski definition) is 2. The molecule has 3 aromatic rings. The van der Waals surface area contributed by atoms with Gasteiger partial charge in [-0.25, -0.2) is 0 Å². The van der Waals surface area contributed by atoms with Gasteiger partial charge in [-0.2, -0.15) is 5.10 Å². The summed E-state index contributed by atoms with van der Waals surface area (Å²) in [5.74, 6) is 1.52. The topological polar surface area (TPSA) is 54.9 Å². The first-order valence-corrected chi connectivity index (χ1v) is 9.15. The van der Waals surface area contributed by atoms with Gasteiger partial charge in [0, 0.05) is 0 Å². The molecule has 3 rings (SSSR count). The first kappa shape index (κ1) is 19.4. The number of hydrazone groups is 1. The molecule has 28 heavy (non-hydrogen) atoms. The van der Waals surface area contributed by atoms with Crippen molar-refractivity contribution >= 4 is 29.2 Å². The summed E-state index contributed by atoms with van der Waals surface area (Å²) < 4.78 is 11.1. The average Bonchev–Trinajstić information content (AvgIpc) is 2.74. The molecule has 0 saturated heterocycles. The van der Waals surface area contributed by atoms with E-state index >= 15 is 0 Å². The minimum Gasteiger partial charge on any atom is -0.495 e. The largest absolute Gasteiger partial charge is 0.495 e. The van der Waals surface area contributed by atoms with Gasteiger partial charge in [-0.1, -0.05) is 42.5 Å². The van der Waals surface area contributed by atoms with Gasteiger partial charge in [-0.3, -0.25) is 5.43 Å². The highest BCUT2D eigenvalue weighted by atomic mass is 32.1. The molecule has 2 N–H and O–H groups in total. The molecule has 0 aliphatic rings. The number of nitrogens with zero attached hydrogens (tertiary/aromatic N) is 1. The molecular weight excluding hydrogens is 370 g/mol. The van der Waals surface area contributed by atoms with Gasteiger partial charge >= 0.3 is 0 Å². The zero-order chi connectivity index (χ0) is 19.6. The third-order valence-corrected chi connectivity index (χ3v) is 4.06. The van der Waals surface area contributed by atoms with Crippen LogP contribution in [0.5, 0.6) is 11.5 Å². The summed E-state index contributed by atoms with van der Waals surface area (Å²) in [5, 5.41) is 7.59. The van der Waals surface area contributed by atoms with E-state index in [1.54, 1.807) is 13.3 Å². The number of methoxy groups -OCH3 is 1. The van der Waals surface area contributed by atoms with E-state index < -0.39 is 0 Å². The van der Waals surface area contributed by atoms with Gasteiger partial charge in [0.1, 0.15) is 18.1 Å². The molecule has 0 unspecified atom stereocenters. The Kier molecular flexibility index (Phi) is 6.98. The average molecular weight is 391 g/mol. The molecule has 3 aromatic carbocycles. The van der Waals surface area contributed by atoms with Crippen molar-refractivity contribution in [3.8, 4) is 11.5 Å². The van der Waals surface area contributed by atoms with Crippen LogP contribution in [0, 0.1) is 0 Å². The molecule has 0 saturated carbocycles. The molecule has 0 aliphatic carbocycles. The van der Waals surface area contributed by atoms with E-state index in [0.29, 0.717) is 17.5 Å². The third kappa shape index (κ3) is 5.82. The van der Waals surface area contributed by atoms with Crippen LogP contribution in [0.2, 0.25) is 0 Å². The van der Waals surface area contributed by atoms with Crippen molar-refractivity contribution in [2.75, 3.05) is 12.4 Å². The van der Waals surface area contributed by atoms with E-state index in [-0.39, 0.29) is 0 Å². The van der Waals surface area contributed by atoms with Gasteiger partial charge in [0.25, 0.3) is 0 Å². The van der Waals surface area contributed by atoms with E-state index in [4.69, 9.17) is 21.7 Å². The van der Waals surface area contributed by atoms with Crippen LogP contribution in [0.25, 0.3) is 0 Å². The second-order valence-corrected chi connectivity index (χ2v) is 6.28. The highest BCUT2D eigenvalue weighted by molar-refractivity contribution is 7.80. The maximum absolute atomic E-state index is 5.78. The van der Waals surface area contributed by atoms with E-state index in [2.05, 4.69) is 15.8 Å². The Bertz CT molecular complexity index is 928. The van der Waals surface area contributed by atoms with Crippen molar-refractivity contribution in [1.82, 2.24) is 5.43 Å². The summed E-state index contributed by atoms with van der Waals surface area (Å²) in [6.07, 6.45) is 1.69. The lowest BCUT2D eigenvalue weighted by molar-refractivity contribution is 0.306. The highest BCUT2D eigenvalue weighted by Gasteiger charge is 2.02. The SMILES string of the molecule is COc1ccccc1NC(=S)N/N=C\c1ccc(OCc2ccccc2)cc1. The maximum atomic E-state index is 5.78. The predicted octanol–water partition coefficient (Wildman–Crippen LogP) is 4.59. The molecular formula is C22H21N3O2S. The number of rotatable bonds is 7. The van der Waals surface area contributed by atoms with E-state index in [9.17, 15) is 0 Å². The van der Waals surface area contributed by atoms with Gasteiger partial charge in [0.2, 0.25) is 0 Å². The molecule has 0 spiro atoms. The van der Waals surface area contributed by atoms with Crippen molar-refractivity contribution in [1.29, 1.82) is 0 Å². The van der Waals surface area contributed by atoms with Gasteiger partial charge in [0.15, 0.2) is 5.11 Å². The van der Waals surface area contributed by atoms with Gasteiger partial charge in [-0.15, -0.1) is 0 Å². The monoisotopic (exact) mass is 391 g/mol. The molecule has 0 atom stereocenters. The standard InChI is InChI=1S/C22H21N3O2S/c1-26-21-10-6-5-9-20(21)24-22(28)25-23-15-17-11-13-19(14-12-17)27-16-18-7-3-2-4-8-18/h2-15H,16H2,1H3,(H2,24,25,28)/b23-15-. The summed E-state index contributed by atoms with van der Waals surface area (Å²) in [6.45, 7) is 0.540. The van der Waals surface area contributed by atoms with E-state index in [0.717, 1.165) is 22.6 Å². The predicted molar refractivity (Wildman–Crippen MR) is 117 cm³/mol. The minimum absolute atomic E-state index is 0.378. The Morgan fingerprint density at radius 1 is 0.964 bits per heavy atom. The Hall–Kier alpha value is -3.38. The van der Waals surface area contributed by atoms with E-state index in [1.165, 1.54) is 0 Å². The lowest BCUT2D eigenvalue weighted by Crippen LogP contribution is -2.24. The van der Waals surface area contributed by atoms with Crippen LogP contribution < -0.4 is 20.2 Å². The molecule has 5 nitrogen and oxygen atoms in total. The summed E-state index contributed by atoms with van der Waals surface area (Å²) >= 11 is 5.25. The zero-order valence-corrected chi connectivity index (χ0v) is 16.3. The van der Waals surface area contributed by atoms with Crippen molar-refractivity contribution in [2.45, 2.75) is 6.61 Å². The van der Waals surface area contributed by atoms with Gasteiger partial charge in [-0.05, 0) is 59.7 Å². The van der Waals surface area contributed by atoms with Crippen LogP contribution in [-0.4, -0.2) is 18.4 Å². The summed E-state index contributed by atoms with van der Waals surface area (Å²) in [5.41, 5.74) is 5.63. The van der Waals surface area contributed by atoms with Crippen molar-refractivity contribution < 1.29 is 9.47 Å². The number of ether oxygens (including phenoxy) is 2. The second kappa shape index (κ2) is 10.1. The Morgan fingerprint density at radius 2 is 1.68 bits per heavy atom. The first-order chi connectivity index (χ1) is 13.7. The molecule has 0 fully saturated rings. The first-order valence-electron chi connectivity index (χ1n) is 8.74. The lowest BCUT2D eigenvalue weighted by atomic mass is 10.2. The summed E-state index contributed by atoms with van der Waals surface area (Å²) in [7, 11) is 1.61. The van der Waals surface area contributed by atoms with Crippen LogP contribution in [0.3, 0.4) is 0 Å². The smallest absolute Gasteiger partial charge is 0.191 e. The highest BCUT2D eigenvalue weighted by Crippen LogP contribution is 2.22. The molecule has 0 aliphatic heterocycles. The quantitative estimate of drug-likeness (QED) is 0.350. The molecule has 6 heteroatoms. The third-order valence-electron chi connectivity index (χ3n) is 3.86. The molecule has 0 bridgehead atoms. The molecule has 0 radical (unpaired) electrons. The van der Waals surface area contributed by atoms with Crippen LogP contribution in [0.4, 0.5) is 5.69 Å². The summed E-state index contributed by atoms with van der Waals surface area (Å²) in [6, 6.07) is 25.3. The Labute approximate surface area is 170 Å². The van der Waals surface area contributed by atoms with E-state index in [1.807, 2.05) is 78.9 Å². The van der Waals surface area contributed by atoms with Crippen LogP contribution in [0.15, 0.2) is 84.0 Å². The lowest BCUT2D eigenvalue weighted by Gasteiger charge is -2.10. The Balaban J connectivity index is 1.48. The fourth-order valence-corrected chi connectivity index (χ4v) is 2.62. The van der Waals surface area contributed by atoms with Crippen LogP contribution in [0.1, 0.15) is 11.1 Å². The second-order valence-electron chi connectivity index (χ2n) is 5.87. The number of anilines is 1. The normalized spacial score (nSPS) is 10.5. The minimum atomic E-state index is 0.378. The summed E-state index contributed by atoms with van der Waals surface area (Å²) in [4.78, 5) is 0. The Morgan fingerprint density at radius 3 is 2.43 bits per heavy atom. The number of para-hydroxylation sites is 2. The van der Waals surface area contributed by atoms with Crippen molar-refractivity contribution in [3.05, 3.63) is 90.0 Å². The van der Waals surface area contributed by atoms with Crippen molar-refractivity contribution in [3.63, 3.8) is 0 Å². The zero-order valence-electron chi connectivity index (χ0n) is 15.5. The maximum Gasteiger partial charge on any atom is 0.191 e. The number of hydrogen-bond acceptors (Lipinski definition) is 4. The van der Waals surface area contributed by atoms with Gasteiger partial charge in [0.05, 0.1) is 19.0 Å².